The third-order valence-corrected chi connectivity index (χ3v) is 5.72. The van der Waals surface area contributed by atoms with E-state index in [0.717, 1.165) is 5.69 Å². The van der Waals surface area contributed by atoms with Gasteiger partial charge in [-0.05, 0) is 46.6 Å². The smallest absolute Gasteiger partial charge is 0.271 e. The number of hydrogen-bond donors (Lipinski definition) is 1. The number of nitrogens with zero attached hydrogens (tertiary/aromatic N) is 4. The van der Waals surface area contributed by atoms with Crippen molar-refractivity contribution in [3.63, 3.8) is 0 Å². The van der Waals surface area contributed by atoms with Gasteiger partial charge in [0.25, 0.3) is 15.9 Å². The van der Waals surface area contributed by atoms with Crippen molar-refractivity contribution in [3.05, 3.63) is 28.8 Å². The van der Waals surface area contributed by atoms with Crippen molar-refractivity contribution in [2.45, 2.75) is 64.8 Å². The molecule has 144 valence electrons. The maximum atomic E-state index is 12.7. The van der Waals surface area contributed by atoms with Gasteiger partial charge in [-0.2, -0.15) is 10.2 Å². The van der Waals surface area contributed by atoms with Crippen LogP contribution in [0.2, 0.25) is 0 Å². The van der Waals surface area contributed by atoms with Crippen LogP contribution in [0.5, 0.6) is 0 Å². The molecule has 2 aromatic heterocycles. The first-order valence-corrected chi connectivity index (χ1v) is 9.91. The predicted octanol–water partition coefficient (Wildman–Crippen LogP) is 2.23. The lowest BCUT2D eigenvalue weighted by Crippen LogP contribution is -2.32. The van der Waals surface area contributed by atoms with Gasteiger partial charge in [0.2, 0.25) is 0 Å². The summed E-state index contributed by atoms with van der Waals surface area (Å²) in [4.78, 5) is 12.6. The van der Waals surface area contributed by atoms with Crippen LogP contribution in [-0.2, 0) is 22.6 Å². The summed E-state index contributed by atoms with van der Waals surface area (Å²) in [7, 11) is -2.38. The van der Waals surface area contributed by atoms with Crippen LogP contribution in [0.4, 0.5) is 0 Å². The number of amides is 1. The molecule has 0 saturated carbocycles. The fourth-order valence-corrected chi connectivity index (χ4v) is 4.22. The highest BCUT2D eigenvalue weighted by atomic mass is 32.2. The number of aromatic nitrogens is 4. The quantitative estimate of drug-likeness (QED) is 0.875. The summed E-state index contributed by atoms with van der Waals surface area (Å²) in [6.45, 7) is 13.2. The zero-order valence-electron chi connectivity index (χ0n) is 16.6. The molecule has 0 aliphatic rings. The lowest BCUT2D eigenvalue weighted by atomic mass is 10.1. The fourth-order valence-electron chi connectivity index (χ4n) is 2.82. The molecule has 0 bridgehead atoms. The van der Waals surface area contributed by atoms with Gasteiger partial charge >= 0.3 is 0 Å². The van der Waals surface area contributed by atoms with E-state index in [0.29, 0.717) is 11.4 Å². The zero-order chi connectivity index (χ0) is 20.0. The van der Waals surface area contributed by atoms with E-state index >= 15 is 0 Å². The molecule has 0 unspecified atom stereocenters. The second-order valence-electron chi connectivity index (χ2n) is 7.75. The van der Waals surface area contributed by atoms with Gasteiger partial charge in [0.05, 0.1) is 16.9 Å². The molecule has 0 aromatic carbocycles. The van der Waals surface area contributed by atoms with E-state index in [4.69, 9.17) is 0 Å². The summed E-state index contributed by atoms with van der Waals surface area (Å²) in [5, 5.41) is 8.45. The van der Waals surface area contributed by atoms with Crippen molar-refractivity contribution < 1.29 is 13.2 Å². The molecule has 1 amide bonds. The number of carbonyl (C=O) groups is 1. The number of hydrogen-bond acceptors (Lipinski definition) is 5. The topological polar surface area (TPSA) is 98.9 Å². The Morgan fingerprint density at radius 3 is 2.15 bits per heavy atom. The third-order valence-electron chi connectivity index (χ3n) is 4.13. The van der Waals surface area contributed by atoms with E-state index < -0.39 is 15.9 Å². The monoisotopic (exact) mass is 381 g/mol. The van der Waals surface area contributed by atoms with E-state index in [9.17, 15) is 13.2 Å². The second kappa shape index (κ2) is 6.53. The molecule has 0 saturated heterocycles. The Morgan fingerprint density at radius 2 is 1.77 bits per heavy atom. The first kappa shape index (κ1) is 20.2. The second-order valence-corrected chi connectivity index (χ2v) is 9.37. The molecule has 8 nitrogen and oxygen atoms in total. The number of nitrogens with one attached hydrogen (secondary N) is 1. The van der Waals surface area contributed by atoms with Gasteiger partial charge in [0.15, 0.2) is 5.69 Å². The molecule has 0 fully saturated rings. The maximum Gasteiger partial charge on any atom is 0.285 e. The fraction of sp³-hybridized carbons (Fsp3) is 0.588. The van der Waals surface area contributed by atoms with Crippen LogP contribution in [0.1, 0.15) is 68.1 Å². The first-order chi connectivity index (χ1) is 11.8. The van der Waals surface area contributed by atoms with Crippen molar-refractivity contribution in [3.8, 4) is 0 Å². The average Bonchev–Trinajstić information content (AvgIpc) is 3.00. The SMILES string of the molecule is Cc1nn(C)c(C)c1S(=O)(=O)NC(=O)c1cc(C(C)C)n(C(C)(C)C)n1. The van der Waals surface area contributed by atoms with E-state index in [2.05, 4.69) is 14.9 Å². The van der Waals surface area contributed by atoms with Crippen molar-refractivity contribution in [1.29, 1.82) is 0 Å². The lowest BCUT2D eigenvalue weighted by molar-refractivity contribution is 0.0975. The minimum Gasteiger partial charge on any atom is -0.271 e. The van der Waals surface area contributed by atoms with Gasteiger partial charge in [0.1, 0.15) is 4.90 Å². The van der Waals surface area contributed by atoms with Crippen LogP contribution in [-0.4, -0.2) is 33.9 Å². The van der Waals surface area contributed by atoms with Crippen molar-refractivity contribution >= 4 is 15.9 Å². The summed E-state index contributed by atoms with van der Waals surface area (Å²) >= 11 is 0. The normalized spacial score (nSPS) is 12.7. The molecule has 0 aliphatic heterocycles. The van der Waals surface area contributed by atoms with Gasteiger partial charge in [-0.3, -0.25) is 14.2 Å². The Morgan fingerprint density at radius 1 is 1.19 bits per heavy atom. The predicted molar refractivity (Wildman–Crippen MR) is 98.6 cm³/mol. The summed E-state index contributed by atoms with van der Waals surface area (Å²) in [5.41, 5.74) is 1.42. The molecular formula is C17H27N5O3S. The third kappa shape index (κ3) is 3.67. The Bertz CT molecular complexity index is 946. The molecule has 1 N–H and O–H groups in total. The van der Waals surface area contributed by atoms with Crippen LogP contribution >= 0.6 is 0 Å². The van der Waals surface area contributed by atoms with Crippen molar-refractivity contribution in [2.24, 2.45) is 7.05 Å². The van der Waals surface area contributed by atoms with Crippen molar-refractivity contribution in [1.82, 2.24) is 24.3 Å². The van der Waals surface area contributed by atoms with E-state index in [1.807, 2.05) is 34.6 Å². The molecule has 2 heterocycles. The first-order valence-electron chi connectivity index (χ1n) is 8.43. The molecule has 26 heavy (non-hydrogen) atoms. The highest BCUT2D eigenvalue weighted by Crippen LogP contribution is 2.24. The Labute approximate surface area is 154 Å². The van der Waals surface area contributed by atoms with Gasteiger partial charge in [-0.25, -0.2) is 13.1 Å². The molecule has 0 atom stereocenters. The van der Waals surface area contributed by atoms with E-state index in [1.54, 1.807) is 31.6 Å². The zero-order valence-corrected chi connectivity index (χ0v) is 17.4. The van der Waals surface area contributed by atoms with Crippen LogP contribution in [0.25, 0.3) is 0 Å². The lowest BCUT2D eigenvalue weighted by Gasteiger charge is -2.23. The molecule has 2 aromatic rings. The largest absolute Gasteiger partial charge is 0.285 e. The molecule has 0 spiro atoms. The summed E-state index contributed by atoms with van der Waals surface area (Å²) in [6, 6.07) is 1.64. The highest BCUT2D eigenvalue weighted by molar-refractivity contribution is 7.90. The molecule has 0 aliphatic carbocycles. The molecule has 0 radical (unpaired) electrons. The number of carbonyl (C=O) groups excluding carboxylic acids is 1. The van der Waals surface area contributed by atoms with E-state index in [1.165, 1.54) is 4.68 Å². The van der Waals surface area contributed by atoms with Gasteiger partial charge < -0.3 is 0 Å². The highest BCUT2D eigenvalue weighted by Gasteiger charge is 2.29. The maximum absolute atomic E-state index is 12.7. The minimum atomic E-state index is -4.04. The average molecular weight is 382 g/mol. The summed E-state index contributed by atoms with van der Waals surface area (Å²) < 4.78 is 30.7. The molecule has 9 heteroatoms. The van der Waals surface area contributed by atoms with Gasteiger partial charge in [-0.15, -0.1) is 0 Å². The standard InChI is InChI=1S/C17H27N5O3S/c1-10(2)14-9-13(19-22(14)17(5,6)7)16(23)20-26(24,25)15-11(3)18-21(8)12(15)4/h9-10H,1-8H3,(H,20,23). The number of rotatable bonds is 4. The Balaban J connectivity index is 2.42. The minimum absolute atomic E-state index is 0.0210. The number of aryl methyl sites for hydroxylation is 2. The van der Waals surface area contributed by atoms with Crippen LogP contribution in [0.3, 0.4) is 0 Å². The van der Waals surface area contributed by atoms with Crippen LogP contribution < -0.4 is 4.72 Å². The van der Waals surface area contributed by atoms with Crippen LogP contribution in [0.15, 0.2) is 11.0 Å². The van der Waals surface area contributed by atoms with Gasteiger partial charge in [0, 0.05) is 12.7 Å². The Hall–Kier alpha value is -2.16. The summed E-state index contributed by atoms with van der Waals surface area (Å²) in [6.07, 6.45) is 0. The van der Waals surface area contributed by atoms with Crippen molar-refractivity contribution in [2.75, 3.05) is 0 Å². The molecule has 2 rings (SSSR count). The molecular weight excluding hydrogens is 354 g/mol. The van der Waals surface area contributed by atoms with Crippen LogP contribution in [0, 0.1) is 13.8 Å². The Kier molecular flexibility index (Phi) is 5.06. The summed E-state index contributed by atoms with van der Waals surface area (Å²) in [5.74, 6) is -0.611. The van der Waals surface area contributed by atoms with Gasteiger partial charge in [-0.1, -0.05) is 13.8 Å². The van der Waals surface area contributed by atoms with E-state index in [-0.39, 0.29) is 22.0 Å². The number of sulfonamides is 1.